The molecular formula is C17H14FN3O. The Morgan fingerprint density at radius 1 is 0.955 bits per heavy atom. The molecule has 110 valence electrons. The Labute approximate surface area is 127 Å². The summed E-state index contributed by atoms with van der Waals surface area (Å²) in [6.07, 6.45) is 1.61. The van der Waals surface area contributed by atoms with E-state index in [1.54, 1.807) is 24.4 Å². The van der Waals surface area contributed by atoms with Crippen molar-refractivity contribution in [3.05, 3.63) is 78.2 Å². The first-order valence-electron chi connectivity index (χ1n) is 6.84. The molecule has 1 N–H and O–H groups in total. The van der Waals surface area contributed by atoms with Crippen molar-refractivity contribution < 1.29 is 9.13 Å². The van der Waals surface area contributed by atoms with Gasteiger partial charge in [0.05, 0.1) is 0 Å². The lowest BCUT2D eigenvalue weighted by Gasteiger charge is -2.07. The minimum Gasteiger partial charge on any atom is -0.439 e. The second-order valence-corrected chi connectivity index (χ2v) is 4.61. The van der Waals surface area contributed by atoms with Gasteiger partial charge in [-0.3, -0.25) is 0 Å². The molecular weight excluding hydrogens is 281 g/mol. The maximum atomic E-state index is 12.9. The lowest BCUT2D eigenvalue weighted by Crippen LogP contribution is -2.03. The van der Waals surface area contributed by atoms with Crippen LogP contribution in [0.25, 0.3) is 0 Å². The van der Waals surface area contributed by atoms with Gasteiger partial charge in [-0.05, 0) is 29.8 Å². The van der Waals surface area contributed by atoms with E-state index >= 15 is 0 Å². The molecule has 0 saturated heterocycles. The highest BCUT2D eigenvalue weighted by molar-refractivity contribution is 5.32. The molecule has 0 unspecified atom stereocenters. The molecule has 1 heterocycles. The summed E-state index contributed by atoms with van der Waals surface area (Å²) in [6, 6.07) is 17.4. The van der Waals surface area contributed by atoms with Gasteiger partial charge >= 0.3 is 0 Å². The molecule has 0 fully saturated rings. The highest BCUT2D eigenvalue weighted by Gasteiger charge is 2.02. The number of anilines is 1. The van der Waals surface area contributed by atoms with Crippen molar-refractivity contribution >= 4 is 5.95 Å². The molecule has 0 aliphatic rings. The molecule has 0 bridgehead atoms. The third kappa shape index (κ3) is 3.79. The molecule has 3 aromatic rings. The van der Waals surface area contributed by atoms with Crippen LogP contribution in [-0.2, 0) is 6.54 Å². The fraction of sp³-hybridized carbons (Fsp3) is 0.0588. The van der Waals surface area contributed by atoms with Crippen LogP contribution in [0.4, 0.5) is 10.3 Å². The van der Waals surface area contributed by atoms with E-state index in [4.69, 9.17) is 4.74 Å². The van der Waals surface area contributed by atoms with Gasteiger partial charge in [0.2, 0.25) is 11.8 Å². The highest BCUT2D eigenvalue weighted by atomic mass is 19.1. The van der Waals surface area contributed by atoms with E-state index in [0.29, 0.717) is 24.1 Å². The van der Waals surface area contributed by atoms with Crippen LogP contribution < -0.4 is 10.1 Å². The quantitative estimate of drug-likeness (QED) is 0.772. The maximum Gasteiger partial charge on any atom is 0.226 e. The number of hydrogen-bond acceptors (Lipinski definition) is 4. The third-order valence-electron chi connectivity index (χ3n) is 2.96. The van der Waals surface area contributed by atoms with Crippen molar-refractivity contribution in [1.29, 1.82) is 0 Å². The van der Waals surface area contributed by atoms with Crippen LogP contribution in [0.5, 0.6) is 11.6 Å². The van der Waals surface area contributed by atoms with Crippen LogP contribution in [0.3, 0.4) is 0 Å². The second-order valence-electron chi connectivity index (χ2n) is 4.61. The fourth-order valence-corrected chi connectivity index (χ4v) is 1.88. The summed E-state index contributed by atoms with van der Waals surface area (Å²) < 4.78 is 18.4. The molecule has 0 atom stereocenters. The Morgan fingerprint density at radius 2 is 1.73 bits per heavy atom. The van der Waals surface area contributed by atoms with E-state index in [0.717, 1.165) is 5.56 Å². The molecule has 3 rings (SSSR count). The van der Waals surface area contributed by atoms with E-state index in [9.17, 15) is 4.39 Å². The van der Waals surface area contributed by atoms with Gasteiger partial charge in [-0.1, -0.05) is 30.3 Å². The Morgan fingerprint density at radius 3 is 2.50 bits per heavy atom. The zero-order chi connectivity index (χ0) is 15.2. The van der Waals surface area contributed by atoms with Crippen molar-refractivity contribution in [2.45, 2.75) is 6.54 Å². The molecule has 22 heavy (non-hydrogen) atoms. The summed E-state index contributed by atoms with van der Waals surface area (Å²) in [4.78, 5) is 8.42. The molecule has 1 aromatic heterocycles. The average molecular weight is 295 g/mol. The van der Waals surface area contributed by atoms with Gasteiger partial charge in [-0.2, -0.15) is 4.98 Å². The first kappa shape index (κ1) is 14.0. The molecule has 0 amide bonds. The third-order valence-corrected chi connectivity index (χ3v) is 2.96. The van der Waals surface area contributed by atoms with Crippen molar-refractivity contribution in [3.63, 3.8) is 0 Å². The summed E-state index contributed by atoms with van der Waals surface area (Å²) in [6.45, 7) is 0.626. The minimum atomic E-state index is -0.305. The molecule has 0 aliphatic heterocycles. The van der Waals surface area contributed by atoms with E-state index in [1.165, 1.54) is 12.1 Å². The molecule has 0 spiro atoms. The van der Waals surface area contributed by atoms with E-state index < -0.39 is 0 Å². The lowest BCUT2D eigenvalue weighted by molar-refractivity contribution is 0.460. The maximum absolute atomic E-state index is 12.9. The molecule has 5 heteroatoms. The predicted octanol–water partition coefficient (Wildman–Crippen LogP) is 4.02. The van der Waals surface area contributed by atoms with E-state index in [-0.39, 0.29) is 5.82 Å². The number of aromatic nitrogens is 2. The SMILES string of the molecule is Fc1ccc(Oc2ccnc(NCc3ccccc3)n2)cc1. The zero-order valence-electron chi connectivity index (χ0n) is 11.7. The number of rotatable bonds is 5. The monoisotopic (exact) mass is 295 g/mol. The average Bonchev–Trinajstić information content (AvgIpc) is 2.57. The highest BCUT2D eigenvalue weighted by Crippen LogP contribution is 2.20. The lowest BCUT2D eigenvalue weighted by atomic mass is 10.2. The number of nitrogens with zero attached hydrogens (tertiary/aromatic N) is 2. The Kier molecular flexibility index (Phi) is 4.25. The summed E-state index contributed by atoms with van der Waals surface area (Å²) in [5, 5.41) is 3.13. The van der Waals surface area contributed by atoms with Gasteiger partial charge in [0.15, 0.2) is 0 Å². The van der Waals surface area contributed by atoms with Gasteiger partial charge in [0.1, 0.15) is 11.6 Å². The predicted molar refractivity (Wildman–Crippen MR) is 82.3 cm³/mol. The Bertz CT molecular complexity index is 732. The van der Waals surface area contributed by atoms with E-state index in [1.807, 2.05) is 30.3 Å². The van der Waals surface area contributed by atoms with Crippen LogP contribution in [0, 0.1) is 5.82 Å². The number of ether oxygens (including phenoxy) is 1. The van der Waals surface area contributed by atoms with Gasteiger partial charge < -0.3 is 10.1 Å². The summed E-state index contributed by atoms with van der Waals surface area (Å²) in [7, 11) is 0. The van der Waals surface area contributed by atoms with Gasteiger partial charge in [-0.25, -0.2) is 9.37 Å². The number of hydrogen-bond donors (Lipinski definition) is 1. The van der Waals surface area contributed by atoms with Crippen molar-refractivity contribution in [2.75, 3.05) is 5.32 Å². The van der Waals surface area contributed by atoms with Gasteiger partial charge in [-0.15, -0.1) is 0 Å². The largest absolute Gasteiger partial charge is 0.439 e. The van der Waals surface area contributed by atoms with Crippen molar-refractivity contribution in [1.82, 2.24) is 9.97 Å². The standard InChI is InChI=1S/C17H14FN3O/c18-14-6-8-15(9-7-14)22-16-10-11-19-17(21-16)20-12-13-4-2-1-3-5-13/h1-11H,12H2,(H,19,20,21). The molecule has 4 nitrogen and oxygen atoms in total. The van der Waals surface area contributed by atoms with Crippen LogP contribution >= 0.6 is 0 Å². The first-order valence-corrected chi connectivity index (χ1v) is 6.84. The molecule has 0 radical (unpaired) electrons. The normalized spacial score (nSPS) is 10.2. The molecule has 2 aromatic carbocycles. The van der Waals surface area contributed by atoms with Crippen LogP contribution in [-0.4, -0.2) is 9.97 Å². The zero-order valence-corrected chi connectivity index (χ0v) is 11.7. The smallest absolute Gasteiger partial charge is 0.226 e. The second kappa shape index (κ2) is 6.67. The van der Waals surface area contributed by atoms with Crippen LogP contribution in [0.15, 0.2) is 66.9 Å². The summed E-state index contributed by atoms with van der Waals surface area (Å²) in [5.74, 6) is 1.09. The van der Waals surface area contributed by atoms with Crippen LogP contribution in [0.1, 0.15) is 5.56 Å². The van der Waals surface area contributed by atoms with E-state index in [2.05, 4.69) is 15.3 Å². The topological polar surface area (TPSA) is 47.0 Å². The first-order chi connectivity index (χ1) is 10.8. The Balaban J connectivity index is 1.66. The van der Waals surface area contributed by atoms with Crippen LogP contribution in [0.2, 0.25) is 0 Å². The van der Waals surface area contributed by atoms with Gasteiger partial charge in [0, 0.05) is 18.8 Å². The molecule has 0 saturated carbocycles. The Hall–Kier alpha value is -2.95. The number of nitrogens with one attached hydrogen (secondary N) is 1. The van der Waals surface area contributed by atoms with Gasteiger partial charge in [0.25, 0.3) is 0 Å². The summed E-state index contributed by atoms with van der Waals surface area (Å²) >= 11 is 0. The number of halogens is 1. The van der Waals surface area contributed by atoms with Crippen molar-refractivity contribution in [2.24, 2.45) is 0 Å². The molecule has 0 aliphatic carbocycles. The minimum absolute atomic E-state index is 0.305. The number of benzene rings is 2. The van der Waals surface area contributed by atoms with Crippen molar-refractivity contribution in [3.8, 4) is 11.6 Å². The summed E-state index contributed by atoms with van der Waals surface area (Å²) in [5.41, 5.74) is 1.14. The fourth-order valence-electron chi connectivity index (χ4n) is 1.88.